The first-order valence-electron chi connectivity index (χ1n) is 12.0. The minimum absolute atomic E-state index is 0.0341. The minimum atomic E-state index is -4.09. The summed E-state index contributed by atoms with van der Waals surface area (Å²) in [5.74, 6) is -0.800. The summed E-state index contributed by atoms with van der Waals surface area (Å²) in [5.41, 5.74) is 0.101. The van der Waals surface area contributed by atoms with Gasteiger partial charge in [0.1, 0.15) is 36.4 Å². The van der Waals surface area contributed by atoms with Gasteiger partial charge in [0.25, 0.3) is 10.1 Å². The molecule has 0 radical (unpaired) electrons. The Morgan fingerprint density at radius 2 is 1.16 bits per heavy atom. The summed E-state index contributed by atoms with van der Waals surface area (Å²) in [7, 11) is -6.34. The number of hydrogen-bond donors (Lipinski definition) is 1. The van der Waals surface area contributed by atoms with Crippen LogP contribution in [0, 0.1) is 0 Å². The van der Waals surface area contributed by atoms with E-state index in [1.54, 1.807) is 0 Å². The molecule has 7 nitrogen and oxygen atoms in total. The van der Waals surface area contributed by atoms with Crippen molar-refractivity contribution in [1.29, 1.82) is 0 Å². The Morgan fingerprint density at radius 1 is 0.684 bits per heavy atom. The van der Waals surface area contributed by atoms with E-state index in [0.717, 1.165) is 15.9 Å². The molecule has 38 heavy (non-hydrogen) atoms. The van der Waals surface area contributed by atoms with E-state index < -0.39 is 23.3 Å². The number of aliphatic hydroxyl groups excluding tert-OH is 1. The minimum Gasteiger partial charge on any atom is -0.394 e. The number of aliphatic hydroxyl groups is 1. The van der Waals surface area contributed by atoms with Crippen molar-refractivity contribution in [1.82, 2.24) is 0 Å². The summed E-state index contributed by atoms with van der Waals surface area (Å²) >= 11 is 0. The summed E-state index contributed by atoms with van der Waals surface area (Å²) in [5, 5.41) is 12.1. The smallest absolute Gasteiger partial charge is 0.373 e. The number of rotatable bonds is 12. The second-order valence-electron chi connectivity index (χ2n) is 8.26. The second-order valence-corrected chi connectivity index (χ2v) is 13.5. The third-order valence-corrected chi connectivity index (χ3v) is 11.7. The number of carbonyl (C=O) groups is 1. The zero-order chi connectivity index (χ0) is 26.8. The third-order valence-electron chi connectivity index (χ3n) is 5.94. The number of benzene rings is 4. The average molecular weight is 552 g/mol. The van der Waals surface area contributed by atoms with E-state index in [1.165, 1.54) is 24.3 Å². The molecule has 0 unspecified atom stereocenters. The first-order chi connectivity index (χ1) is 18.5. The van der Waals surface area contributed by atoms with Crippen LogP contribution in [0.25, 0.3) is 0 Å². The number of carbonyl (C=O) groups excluding carboxylic acids is 1. The molecule has 0 aliphatic heterocycles. The maximum absolute atomic E-state index is 13.0. The summed E-state index contributed by atoms with van der Waals surface area (Å²) in [4.78, 5) is 21.0. The molecule has 9 heteroatoms. The molecule has 0 atom stereocenters. The zero-order valence-corrected chi connectivity index (χ0v) is 22.3. The molecule has 0 heterocycles. The van der Waals surface area contributed by atoms with Gasteiger partial charge in [0.15, 0.2) is 0 Å². The summed E-state index contributed by atoms with van der Waals surface area (Å²) in [6, 6.07) is 35.6. The molecule has 0 spiro atoms. The van der Waals surface area contributed by atoms with E-state index in [-0.39, 0.29) is 30.3 Å². The van der Waals surface area contributed by atoms with Crippen molar-refractivity contribution in [3.8, 4) is 0 Å². The van der Waals surface area contributed by atoms with E-state index in [4.69, 9.17) is 9.29 Å². The van der Waals surface area contributed by atoms with Gasteiger partial charge in [-0.25, -0.2) is 4.79 Å². The van der Waals surface area contributed by atoms with E-state index in [1.807, 2.05) is 54.6 Å². The third kappa shape index (κ3) is 6.35. The summed E-state index contributed by atoms with van der Waals surface area (Å²) in [6.45, 7) is -0.497. The van der Waals surface area contributed by atoms with Crippen LogP contribution in [0.4, 0.5) is 0 Å². The molecule has 0 aromatic heterocycles. The molecule has 0 saturated heterocycles. The lowest BCUT2D eigenvalue weighted by molar-refractivity contribution is -0.245. The molecule has 0 bridgehead atoms. The number of hydrogen-bond acceptors (Lipinski definition) is 7. The lowest BCUT2D eigenvalue weighted by Gasteiger charge is -2.27. The fraction of sp³-hybridized carbons (Fsp3) is 0.138. The van der Waals surface area contributed by atoms with E-state index in [9.17, 15) is 13.2 Å². The molecule has 4 aromatic carbocycles. The Kier molecular flexibility index (Phi) is 9.39. The van der Waals surface area contributed by atoms with Crippen molar-refractivity contribution >= 4 is 39.3 Å². The van der Waals surface area contributed by atoms with Gasteiger partial charge in [-0.15, -0.1) is 0 Å². The Bertz CT molecular complexity index is 1320. The van der Waals surface area contributed by atoms with Crippen LogP contribution < -0.4 is 15.9 Å². The molecule has 0 amide bonds. The van der Waals surface area contributed by atoms with Crippen LogP contribution in [-0.4, -0.2) is 45.5 Å². The highest BCUT2D eigenvalue weighted by atomic mass is 32.2. The fourth-order valence-corrected chi connectivity index (χ4v) is 9.28. The Labute approximate surface area is 223 Å². The molecule has 1 N–H and O–H groups in total. The SMILES string of the molecule is O=C(OOCCO)c1ccc(S(=O)(=O)OCC[P+](c2ccccc2)(c2ccccc2)c2ccccc2)cc1. The van der Waals surface area contributed by atoms with Gasteiger partial charge in [-0.3, -0.25) is 9.07 Å². The van der Waals surface area contributed by atoms with Crippen LogP contribution in [0.2, 0.25) is 0 Å². The fourth-order valence-electron chi connectivity index (χ4n) is 4.17. The topological polar surface area (TPSA) is 99.1 Å². The maximum atomic E-state index is 13.0. The van der Waals surface area contributed by atoms with Crippen molar-refractivity contribution in [3.63, 3.8) is 0 Å². The van der Waals surface area contributed by atoms with Gasteiger partial charge in [0.05, 0.1) is 23.2 Å². The van der Waals surface area contributed by atoms with Crippen LogP contribution >= 0.6 is 7.26 Å². The molecule has 4 aromatic rings. The molecule has 196 valence electrons. The average Bonchev–Trinajstić information content (AvgIpc) is 2.97. The monoisotopic (exact) mass is 551 g/mol. The molecule has 0 saturated carbocycles. The first kappa shape index (κ1) is 27.6. The van der Waals surface area contributed by atoms with Gasteiger partial charge in [-0.1, -0.05) is 54.6 Å². The molecule has 0 aliphatic rings. The molecule has 4 rings (SSSR count). The van der Waals surface area contributed by atoms with Crippen LogP contribution in [0.15, 0.2) is 120 Å². The highest BCUT2D eigenvalue weighted by molar-refractivity contribution is 7.95. The standard InChI is InChI=1S/C29H28O7PS/c30-20-21-34-36-29(31)24-16-18-28(19-17-24)38(32,33)35-22-23-37(25-10-4-1-5-11-25,26-12-6-2-7-13-26)27-14-8-3-9-15-27/h1-19,30H,20-23H2/q+1. The Morgan fingerprint density at radius 3 is 1.61 bits per heavy atom. The second kappa shape index (κ2) is 12.9. The quantitative estimate of drug-likeness (QED) is 0.0947. The van der Waals surface area contributed by atoms with Crippen molar-refractivity contribution in [2.45, 2.75) is 4.90 Å². The van der Waals surface area contributed by atoms with Crippen molar-refractivity contribution in [2.24, 2.45) is 0 Å². The van der Waals surface area contributed by atoms with Crippen molar-refractivity contribution in [2.75, 3.05) is 26.0 Å². The van der Waals surface area contributed by atoms with Gasteiger partial charge in [0, 0.05) is 0 Å². The van der Waals surface area contributed by atoms with E-state index in [2.05, 4.69) is 46.2 Å². The van der Waals surface area contributed by atoms with Gasteiger partial charge >= 0.3 is 5.97 Å². The Hall–Kier alpha value is -3.39. The largest absolute Gasteiger partial charge is 0.394 e. The highest BCUT2D eigenvalue weighted by Crippen LogP contribution is 2.55. The van der Waals surface area contributed by atoms with E-state index >= 15 is 0 Å². The molecule has 0 aliphatic carbocycles. The molecular weight excluding hydrogens is 523 g/mol. The lowest BCUT2D eigenvalue weighted by atomic mass is 10.2. The van der Waals surface area contributed by atoms with Gasteiger partial charge in [0.2, 0.25) is 0 Å². The van der Waals surface area contributed by atoms with Crippen LogP contribution in [0.1, 0.15) is 10.4 Å². The summed E-state index contributed by atoms with van der Waals surface area (Å²) < 4.78 is 31.6. The summed E-state index contributed by atoms with van der Waals surface area (Å²) in [6.07, 6.45) is 0.469. The van der Waals surface area contributed by atoms with Gasteiger partial charge in [-0.05, 0) is 60.7 Å². The van der Waals surface area contributed by atoms with Gasteiger partial charge < -0.3 is 5.11 Å². The highest BCUT2D eigenvalue weighted by Gasteiger charge is 2.45. The van der Waals surface area contributed by atoms with Crippen LogP contribution in [-0.2, 0) is 24.1 Å². The zero-order valence-electron chi connectivity index (χ0n) is 20.6. The molecule has 0 fully saturated rings. The van der Waals surface area contributed by atoms with Crippen LogP contribution in [0.5, 0.6) is 0 Å². The van der Waals surface area contributed by atoms with Crippen molar-refractivity contribution < 1.29 is 32.3 Å². The predicted molar refractivity (Wildman–Crippen MR) is 148 cm³/mol. The first-order valence-corrected chi connectivity index (χ1v) is 15.3. The normalized spacial score (nSPS) is 11.7. The predicted octanol–water partition coefficient (Wildman–Crippen LogP) is 3.47. The van der Waals surface area contributed by atoms with E-state index in [0.29, 0.717) is 6.16 Å². The maximum Gasteiger partial charge on any atom is 0.373 e. The Balaban J connectivity index is 1.59. The van der Waals surface area contributed by atoms with Crippen molar-refractivity contribution in [3.05, 3.63) is 121 Å². The lowest BCUT2D eigenvalue weighted by Crippen LogP contribution is -2.35. The van der Waals surface area contributed by atoms with Crippen LogP contribution in [0.3, 0.4) is 0 Å². The molecular formula is C29H28O7PS+. The van der Waals surface area contributed by atoms with Gasteiger partial charge in [-0.2, -0.15) is 13.3 Å².